The zero-order chi connectivity index (χ0) is 17.9. The average Bonchev–Trinajstić information content (AvgIpc) is 3.06. The molecule has 2 unspecified atom stereocenters. The molecule has 2 aliphatic heterocycles. The van der Waals surface area contributed by atoms with E-state index in [1.807, 2.05) is 42.6 Å². The number of aromatic nitrogens is 1. The molecule has 2 bridgehead atoms. The second-order valence-electron chi connectivity index (χ2n) is 6.73. The van der Waals surface area contributed by atoms with Gasteiger partial charge in [-0.05, 0) is 23.8 Å². The minimum Gasteiger partial charge on any atom is -0.487 e. The van der Waals surface area contributed by atoms with Crippen molar-refractivity contribution < 1.29 is 14.3 Å². The third kappa shape index (κ3) is 3.30. The number of carbonyl (C=O) groups is 1. The van der Waals surface area contributed by atoms with E-state index in [9.17, 15) is 4.79 Å². The van der Waals surface area contributed by atoms with Crippen LogP contribution in [-0.2, 0) is 16.1 Å². The summed E-state index contributed by atoms with van der Waals surface area (Å²) in [6.45, 7) is 2.42. The zero-order valence-electron chi connectivity index (χ0n) is 14.9. The highest BCUT2D eigenvalue weighted by atomic mass is 16.5. The lowest BCUT2D eigenvalue weighted by molar-refractivity contribution is -0.123. The van der Waals surface area contributed by atoms with Crippen LogP contribution in [0.2, 0.25) is 0 Å². The molecule has 1 amide bonds. The highest BCUT2D eigenvalue weighted by Crippen LogP contribution is 2.36. The van der Waals surface area contributed by atoms with Gasteiger partial charge in [0, 0.05) is 45.6 Å². The third-order valence-corrected chi connectivity index (χ3v) is 4.99. The van der Waals surface area contributed by atoms with Crippen LogP contribution in [0.5, 0.6) is 5.75 Å². The van der Waals surface area contributed by atoms with Gasteiger partial charge in [0.15, 0.2) is 0 Å². The highest BCUT2D eigenvalue weighted by Gasteiger charge is 2.42. The number of likely N-dealkylation sites (tertiary alicyclic amines) is 1. The minimum atomic E-state index is -0.189. The SMILES string of the molecule is COCCN1C(=O)C2CC(CN2Cc2cccnc2)Oc2ccccc21. The molecule has 1 saturated heterocycles. The predicted octanol–water partition coefficient (Wildman–Crippen LogP) is 2.10. The Balaban J connectivity index is 1.64. The number of hydrogen-bond donors (Lipinski definition) is 0. The Bertz CT molecular complexity index is 768. The summed E-state index contributed by atoms with van der Waals surface area (Å²) in [4.78, 5) is 21.6. The number of methoxy groups -OCH3 is 1. The Morgan fingerprint density at radius 1 is 1.27 bits per heavy atom. The van der Waals surface area contributed by atoms with E-state index >= 15 is 0 Å². The smallest absolute Gasteiger partial charge is 0.244 e. The minimum absolute atomic E-state index is 0.0198. The highest BCUT2D eigenvalue weighted by molar-refractivity contribution is 5.99. The van der Waals surface area contributed by atoms with E-state index in [2.05, 4.69) is 9.88 Å². The number of para-hydroxylation sites is 2. The number of carbonyl (C=O) groups excluding carboxylic acids is 1. The summed E-state index contributed by atoms with van der Waals surface area (Å²) < 4.78 is 11.5. The van der Waals surface area contributed by atoms with Crippen LogP contribution in [0.25, 0.3) is 0 Å². The lowest BCUT2D eigenvalue weighted by Crippen LogP contribution is -2.47. The Labute approximate surface area is 153 Å². The lowest BCUT2D eigenvalue weighted by Gasteiger charge is -2.31. The number of nitrogens with zero attached hydrogens (tertiary/aromatic N) is 3. The van der Waals surface area contributed by atoms with E-state index in [1.54, 1.807) is 18.2 Å². The van der Waals surface area contributed by atoms with E-state index in [1.165, 1.54) is 0 Å². The molecule has 1 fully saturated rings. The van der Waals surface area contributed by atoms with Gasteiger partial charge in [-0.15, -0.1) is 0 Å². The second kappa shape index (κ2) is 7.43. The molecule has 2 aromatic rings. The van der Waals surface area contributed by atoms with E-state index in [-0.39, 0.29) is 18.1 Å². The molecule has 2 aliphatic rings. The zero-order valence-corrected chi connectivity index (χ0v) is 14.9. The van der Waals surface area contributed by atoms with Gasteiger partial charge < -0.3 is 14.4 Å². The van der Waals surface area contributed by atoms with Crippen molar-refractivity contribution in [1.29, 1.82) is 0 Å². The molecule has 1 aromatic carbocycles. The van der Waals surface area contributed by atoms with Crippen LogP contribution >= 0.6 is 0 Å². The first kappa shape index (κ1) is 17.0. The molecule has 0 spiro atoms. The Morgan fingerprint density at radius 3 is 2.96 bits per heavy atom. The van der Waals surface area contributed by atoms with Crippen molar-refractivity contribution in [3.8, 4) is 5.75 Å². The predicted molar refractivity (Wildman–Crippen MR) is 98.1 cm³/mol. The van der Waals surface area contributed by atoms with Crippen LogP contribution in [0.1, 0.15) is 12.0 Å². The number of pyridine rings is 1. The molecule has 6 nitrogen and oxygen atoms in total. The quantitative estimate of drug-likeness (QED) is 0.824. The first-order chi connectivity index (χ1) is 12.8. The maximum absolute atomic E-state index is 13.4. The molecular weight excluding hydrogens is 330 g/mol. The van der Waals surface area contributed by atoms with Gasteiger partial charge in [0.25, 0.3) is 0 Å². The average molecular weight is 353 g/mol. The van der Waals surface area contributed by atoms with Crippen LogP contribution in [0, 0.1) is 0 Å². The summed E-state index contributed by atoms with van der Waals surface area (Å²) in [5.74, 6) is 0.882. The van der Waals surface area contributed by atoms with Crippen molar-refractivity contribution in [3.63, 3.8) is 0 Å². The van der Waals surface area contributed by atoms with E-state index < -0.39 is 0 Å². The molecule has 6 heteroatoms. The lowest BCUT2D eigenvalue weighted by atomic mass is 10.1. The molecule has 0 saturated carbocycles. The van der Waals surface area contributed by atoms with Crippen molar-refractivity contribution in [2.24, 2.45) is 0 Å². The number of benzene rings is 1. The maximum atomic E-state index is 13.4. The van der Waals surface area contributed by atoms with Crippen molar-refractivity contribution in [1.82, 2.24) is 9.88 Å². The van der Waals surface area contributed by atoms with Gasteiger partial charge in [-0.2, -0.15) is 0 Å². The van der Waals surface area contributed by atoms with E-state index in [0.717, 1.165) is 23.5 Å². The fourth-order valence-electron chi connectivity index (χ4n) is 3.78. The molecule has 4 rings (SSSR count). The standard InChI is InChI=1S/C20H23N3O3/c1-25-10-9-23-17-6-2-3-7-19(17)26-16-11-18(20(23)24)22(14-16)13-15-5-4-8-21-12-15/h2-8,12,16,18H,9-11,13-14H2,1H3. The summed E-state index contributed by atoms with van der Waals surface area (Å²) in [7, 11) is 1.65. The summed E-state index contributed by atoms with van der Waals surface area (Å²) in [6, 6.07) is 11.5. The Kier molecular flexibility index (Phi) is 4.86. The fraction of sp³-hybridized carbons (Fsp3) is 0.400. The maximum Gasteiger partial charge on any atom is 0.244 e. The van der Waals surface area contributed by atoms with Crippen LogP contribution in [-0.4, -0.2) is 54.7 Å². The number of hydrogen-bond acceptors (Lipinski definition) is 5. The summed E-state index contributed by atoms with van der Waals surface area (Å²) in [6.07, 6.45) is 4.34. The van der Waals surface area contributed by atoms with Crippen LogP contribution < -0.4 is 9.64 Å². The van der Waals surface area contributed by atoms with Gasteiger partial charge in [-0.25, -0.2) is 0 Å². The van der Waals surface area contributed by atoms with Crippen LogP contribution in [0.4, 0.5) is 5.69 Å². The molecule has 2 atom stereocenters. The summed E-state index contributed by atoms with van der Waals surface area (Å²) in [5, 5.41) is 0. The van der Waals surface area contributed by atoms with Gasteiger partial charge in [-0.3, -0.25) is 14.7 Å². The second-order valence-corrected chi connectivity index (χ2v) is 6.73. The largest absolute Gasteiger partial charge is 0.487 e. The fourth-order valence-corrected chi connectivity index (χ4v) is 3.78. The van der Waals surface area contributed by atoms with Crippen molar-refractivity contribution in [2.75, 3.05) is 31.7 Å². The van der Waals surface area contributed by atoms with Gasteiger partial charge in [0.05, 0.1) is 18.3 Å². The molecular formula is C20H23N3O3. The normalized spacial score (nSPS) is 22.5. The van der Waals surface area contributed by atoms with Crippen molar-refractivity contribution in [3.05, 3.63) is 54.4 Å². The third-order valence-electron chi connectivity index (χ3n) is 4.99. The molecule has 1 aromatic heterocycles. The van der Waals surface area contributed by atoms with E-state index in [0.29, 0.717) is 26.1 Å². The van der Waals surface area contributed by atoms with Gasteiger partial charge >= 0.3 is 0 Å². The summed E-state index contributed by atoms with van der Waals surface area (Å²) >= 11 is 0. The molecule has 3 heterocycles. The first-order valence-electron chi connectivity index (χ1n) is 8.95. The summed E-state index contributed by atoms with van der Waals surface area (Å²) in [5.41, 5.74) is 1.93. The van der Waals surface area contributed by atoms with E-state index in [4.69, 9.17) is 9.47 Å². The molecule has 0 aliphatic carbocycles. The van der Waals surface area contributed by atoms with Gasteiger partial charge in [0.2, 0.25) is 5.91 Å². The van der Waals surface area contributed by atoms with Crippen molar-refractivity contribution in [2.45, 2.75) is 25.1 Å². The number of anilines is 1. The number of fused-ring (bicyclic) bond motifs is 3. The Morgan fingerprint density at radius 2 is 2.15 bits per heavy atom. The van der Waals surface area contributed by atoms with Gasteiger partial charge in [-0.1, -0.05) is 18.2 Å². The first-order valence-corrected chi connectivity index (χ1v) is 8.95. The number of ether oxygens (including phenoxy) is 2. The number of rotatable bonds is 5. The Hall–Kier alpha value is -2.44. The van der Waals surface area contributed by atoms with Gasteiger partial charge in [0.1, 0.15) is 11.9 Å². The van der Waals surface area contributed by atoms with Crippen molar-refractivity contribution >= 4 is 11.6 Å². The monoisotopic (exact) mass is 353 g/mol. The molecule has 136 valence electrons. The topological polar surface area (TPSA) is 54.9 Å². The molecule has 0 radical (unpaired) electrons. The number of amides is 1. The molecule has 0 N–H and O–H groups in total. The van der Waals surface area contributed by atoms with Crippen LogP contribution in [0.3, 0.4) is 0 Å². The molecule has 26 heavy (non-hydrogen) atoms. The van der Waals surface area contributed by atoms with Crippen LogP contribution in [0.15, 0.2) is 48.8 Å².